The van der Waals surface area contributed by atoms with Gasteiger partial charge in [-0.15, -0.1) is 0 Å². The van der Waals surface area contributed by atoms with E-state index in [0.717, 1.165) is 26.2 Å². The van der Waals surface area contributed by atoms with E-state index in [4.69, 9.17) is 13.9 Å². The third kappa shape index (κ3) is 2.86. The molecule has 0 aliphatic carbocycles. The lowest BCUT2D eigenvalue weighted by molar-refractivity contribution is 0.0621. The molecule has 2 saturated heterocycles. The van der Waals surface area contributed by atoms with Crippen molar-refractivity contribution >= 4 is 8.32 Å². The van der Waals surface area contributed by atoms with Gasteiger partial charge in [0, 0.05) is 6.61 Å². The average Bonchev–Trinajstić information content (AvgIpc) is 3.15. The topological polar surface area (TPSA) is 31.0 Å². The van der Waals surface area contributed by atoms with Crippen LogP contribution in [-0.2, 0) is 13.9 Å². The Balaban J connectivity index is 1.91. The van der Waals surface area contributed by atoms with Gasteiger partial charge in [0.15, 0.2) is 0 Å². The van der Waals surface area contributed by atoms with Gasteiger partial charge in [-0.25, -0.2) is 0 Å². The molecule has 0 aromatic carbocycles. The standard InChI is InChI=1S/C12H24O3Si/c1-3-12(14-10-11-9-13-11)16(4-2)8-6-5-7-15-16/h11-12H,3-10H2,1-2H3. The van der Waals surface area contributed by atoms with Crippen molar-refractivity contribution in [1.82, 2.24) is 0 Å². The van der Waals surface area contributed by atoms with Crippen molar-refractivity contribution in [3.05, 3.63) is 0 Å². The zero-order valence-electron chi connectivity index (χ0n) is 10.5. The summed E-state index contributed by atoms with van der Waals surface area (Å²) in [4.78, 5) is 0. The van der Waals surface area contributed by atoms with Crippen molar-refractivity contribution in [3.63, 3.8) is 0 Å². The monoisotopic (exact) mass is 244 g/mol. The minimum absolute atomic E-state index is 0.376. The van der Waals surface area contributed by atoms with E-state index < -0.39 is 8.32 Å². The Bertz CT molecular complexity index is 212. The van der Waals surface area contributed by atoms with E-state index in [-0.39, 0.29) is 0 Å². The highest BCUT2D eigenvalue weighted by Gasteiger charge is 2.43. The van der Waals surface area contributed by atoms with Crippen molar-refractivity contribution < 1.29 is 13.9 Å². The van der Waals surface area contributed by atoms with Crippen LogP contribution in [0.2, 0.25) is 12.1 Å². The van der Waals surface area contributed by atoms with Crippen molar-refractivity contribution in [2.24, 2.45) is 0 Å². The van der Waals surface area contributed by atoms with Gasteiger partial charge in [0.25, 0.3) is 0 Å². The lowest BCUT2D eigenvalue weighted by Gasteiger charge is -2.40. The number of hydrogen-bond acceptors (Lipinski definition) is 3. The summed E-state index contributed by atoms with van der Waals surface area (Å²) in [6.45, 7) is 7.12. The van der Waals surface area contributed by atoms with E-state index in [0.29, 0.717) is 11.8 Å². The molecule has 2 rings (SSSR count). The van der Waals surface area contributed by atoms with Crippen LogP contribution in [0.15, 0.2) is 0 Å². The van der Waals surface area contributed by atoms with Crippen molar-refractivity contribution in [2.75, 3.05) is 19.8 Å². The predicted molar refractivity (Wildman–Crippen MR) is 66.0 cm³/mol. The van der Waals surface area contributed by atoms with Gasteiger partial charge in [0.05, 0.1) is 18.9 Å². The molecule has 3 nitrogen and oxygen atoms in total. The molecule has 2 aliphatic heterocycles. The maximum atomic E-state index is 6.19. The highest BCUT2D eigenvalue weighted by molar-refractivity contribution is 6.75. The largest absolute Gasteiger partial charge is 0.414 e. The minimum atomic E-state index is -1.60. The van der Waals surface area contributed by atoms with E-state index in [1.54, 1.807) is 0 Å². The highest BCUT2D eigenvalue weighted by atomic mass is 28.4. The van der Waals surface area contributed by atoms with Crippen LogP contribution in [0.5, 0.6) is 0 Å². The highest BCUT2D eigenvalue weighted by Crippen LogP contribution is 2.32. The third-order valence-electron chi connectivity index (χ3n) is 3.83. The number of rotatable bonds is 6. The summed E-state index contributed by atoms with van der Waals surface area (Å²) in [5, 5.41) is 0. The first kappa shape index (κ1) is 12.6. The molecule has 3 atom stereocenters. The first-order valence-corrected chi connectivity index (χ1v) is 9.08. The molecule has 2 fully saturated rings. The lowest BCUT2D eigenvalue weighted by Crippen LogP contribution is -2.53. The Kier molecular flexibility index (Phi) is 4.41. The Hall–Kier alpha value is 0.0969. The van der Waals surface area contributed by atoms with Gasteiger partial charge in [-0.1, -0.05) is 20.3 Å². The first-order chi connectivity index (χ1) is 7.80. The summed E-state index contributed by atoms with van der Waals surface area (Å²) in [7, 11) is -1.60. The molecular formula is C12H24O3Si. The molecule has 0 aromatic heterocycles. The summed E-state index contributed by atoms with van der Waals surface area (Å²) in [5.74, 6) is 0. The fourth-order valence-corrected chi connectivity index (χ4v) is 6.87. The molecule has 3 unspecified atom stereocenters. The SMILES string of the molecule is CCC(OCC1CO1)[Si]1(CC)CCCCO1. The van der Waals surface area contributed by atoms with Gasteiger partial charge in [0.2, 0.25) is 8.32 Å². The molecule has 2 aliphatic rings. The van der Waals surface area contributed by atoms with Crippen molar-refractivity contribution in [1.29, 1.82) is 0 Å². The van der Waals surface area contributed by atoms with E-state index in [9.17, 15) is 0 Å². The Morgan fingerprint density at radius 3 is 2.69 bits per heavy atom. The van der Waals surface area contributed by atoms with Crippen molar-refractivity contribution in [2.45, 2.75) is 57.0 Å². The molecule has 0 aromatic rings. The smallest absolute Gasteiger partial charge is 0.220 e. The van der Waals surface area contributed by atoms with Gasteiger partial charge in [-0.05, 0) is 24.9 Å². The quantitative estimate of drug-likeness (QED) is 0.531. The zero-order valence-corrected chi connectivity index (χ0v) is 11.5. The van der Waals surface area contributed by atoms with Crippen LogP contribution in [0.1, 0.15) is 33.1 Å². The number of epoxide rings is 1. The molecule has 16 heavy (non-hydrogen) atoms. The van der Waals surface area contributed by atoms with Crippen LogP contribution < -0.4 is 0 Å². The normalized spacial score (nSPS) is 36.0. The van der Waals surface area contributed by atoms with E-state index in [1.807, 2.05) is 0 Å². The summed E-state index contributed by atoms with van der Waals surface area (Å²) >= 11 is 0. The van der Waals surface area contributed by atoms with Crippen LogP contribution in [0.25, 0.3) is 0 Å². The molecule has 94 valence electrons. The van der Waals surface area contributed by atoms with Crippen LogP contribution in [0.3, 0.4) is 0 Å². The maximum absolute atomic E-state index is 6.19. The second kappa shape index (κ2) is 5.62. The molecule has 0 amide bonds. The minimum Gasteiger partial charge on any atom is -0.414 e. The van der Waals surface area contributed by atoms with E-state index in [1.165, 1.54) is 24.9 Å². The summed E-state index contributed by atoms with van der Waals surface area (Å²) in [6, 6.07) is 2.48. The van der Waals surface area contributed by atoms with Crippen LogP contribution in [0, 0.1) is 0 Å². The van der Waals surface area contributed by atoms with Gasteiger partial charge >= 0.3 is 0 Å². The van der Waals surface area contributed by atoms with Gasteiger partial charge < -0.3 is 13.9 Å². The summed E-state index contributed by atoms with van der Waals surface area (Å²) in [5.41, 5.74) is 0.377. The first-order valence-electron chi connectivity index (χ1n) is 6.68. The number of ether oxygens (including phenoxy) is 2. The summed E-state index contributed by atoms with van der Waals surface area (Å²) < 4.78 is 17.5. The zero-order chi connectivity index (χ0) is 11.4. The maximum Gasteiger partial charge on any atom is 0.220 e. The van der Waals surface area contributed by atoms with Gasteiger partial charge in [-0.2, -0.15) is 0 Å². The van der Waals surface area contributed by atoms with Gasteiger partial charge in [-0.3, -0.25) is 0 Å². The average molecular weight is 244 g/mol. The molecule has 0 bridgehead atoms. The molecular weight excluding hydrogens is 220 g/mol. The van der Waals surface area contributed by atoms with E-state index >= 15 is 0 Å². The van der Waals surface area contributed by atoms with Crippen LogP contribution in [-0.4, -0.2) is 40.0 Å². The molecule has 0 radical (unpaired) electrons. The lowest BCUT2D eigenvalue weighted by atomic mass is 10.4. The Morgan fingerprint density at radius 1 is 1.38 bits per heavy atom. The number of hydrogen-bond donors (Lipinski definition) is 0. The molecule has 0 N–H and O–H groups in total. The summed E-state index contributed by atoms with van der Waals surface area (Å²) in [6.07, 6.45) is 4.03. The fourth-order valence-electron chi connectivity index (χ4n) is 2.66. The van der Waals surface area contributed by atoms with Gasteiger partial charge in [0.1, 0.15) is 6.10 Å². The van der Waals surface area contributed by atoms with E-state index in [2.05, 4.69) is 13.8 Å². The van der Waals surface area contributed by atoms with Crippen LogP contribution in [0.4, 0.5) is 0 Å². The fraction of sp³-hybridized carbons (Fsp3) is 1.00. The predicted octanol–water partition coefficient (Wildman–Crippen LogP) is 2.50. The Morgan fingerprint density at radius 2 is 2.19 bits per heavy atom. The molecule has 0 spiro atoms. The van der Waals surface area contributed by atoms with Crippen molar-refractivity contribution in [3.8, 4) is 0 Å². The molecule has 4 heteroatoms. The Labute approximate surface area is 99.6 Å². The van der Waals surface area contributed by atoms with Crippen LogP contribution >= 0.6 is 0 Å². The third-order valence-corrected chi connectivity index (χ3v) is 8.75. The molecule has 0 saturated carbocycles. The second-order valence-corrected chi connectivity index (χ2v) is 9.18. The second-order valence-electron chi connectivity index (χ2n) is 4.91. The molecule has 2 heterocycles.